The minimum atomic E-state index is -4.56. The second-order valence-corrected chi connectivity index (χ2v) is 6.82. The van der Waals surface area contributed by atoms with Crippen molar-refractivity contribution < 1.29 is 27.8 Å². The molecule has 1 amide bonds. The first-order chi connectivity index (χ1) is 13.8. The zero-order valence-electron chi connectivity index (χ0n) is 15.1. The lowest BCUT2D eigenvalue weighted by Crippen LogP contribution is -2.23. The molecule has 10 heteroatoms. The number of methoxy groups -OCH3 is 1. The monoisotopic (exact) mass is 423 g/mol. The number of aromatic nitrogens is 1. The number of pyridine rings is 1. The Bertz CT molecular complexity index is 1020. The van der Waals surface area contributed by atoms with Gasteiger partial charge in [0.1, 0.15) is 10.7 Å². The number of amides is 1. The van der Waals surface area contributed by atoms with Crippen molar-refractivity contribution in [1.29, 1.82) is 0 Å². The van der Waals surface area contributed by atoms with Gasteiger partial charge in [0.05, 0.1) is 12.7 Å². The lowest BCUT2D eigenvalue weighted by molar-refractivity contribution is -0.141. The van der Waals surface area contributed by atoms with Crippen LogP contribution in [-0.4, -0.2) is 23.1 Å². The fraction of sp³-hybridized carbons (Fsp3) is 0.158. The molecule has 0 radical (unpaired) electrons. The van der Waals surface area contributed by atoms with Crippen molar-refractivity contribution in [2.24, 2.45) is 0 Å². The van der Waals surface area contributed by atoms with Gasteiger partial charge in [0, 0.05) is 18.4 Å². The van der Waals surface area contributed by atoms with Crippen molar-refractivity contribution in [3.8, 4) is 11.5 Å². The van der Waals surface area contributed by atoms with Crippen LogP contribution in [0.4, 0.5) is 23.9 Å². The average Bonchev–Trinajstić information content (AvgIpc) is 3.15. The normalized spacial score (nSPS) is 11.2. The lowest BCUT2D eigenvalue weighted by Gasteiger charge is -2.11. The molecule has 0 spiro atoms. The second-order valence-electron chi connectivity index (χ2n) is 5.90. The maximum Gasteiger partial charge on any atom is 0.433 e. The standard InChI is InChI=1S/C19H16F3N3O3S/c1-28-15-8-11(2-3-14(15)26)10-24-17(27)13-5-7-29-18(13)25-12-4-6-23-16(9-12)19(20,21)22/h2-9,26H,10H2,1H3,(H,23,25)(H,24,27). The van der Waals surface area contributed by atoms with Crippen LogP contribution < -0.4 is 15.4 Å². The molecule has 3 N–H and O–H groups in total. The summed E-state index contributed by atoms with van der Waals surface area (Å²) in [6.07, 6.45) is -3.50. The quantitative estimate of drug-likeness (QED) is 0.542. The summed E-state index contributed by atoms with van der Waals surface area (Å²) in [7, 11) is 1.42. The van der Waals surface area contributed by atoms with Gasteiger partial charge in [-0.15, -0.1) is 11.3 Å². The van der Waals surface area contributed by atoms with Gasteiger partial charge < -0.3 is 20.5 Å². The first-order valence-electron chi connectivity index (χ1n) is 8.30. The van der Waals surface area contributed by atoms with Crippen molar-refractivity contribution >= 4 is 27.9 Å². The highest BCUT2D eigenvalue weighted by Crippen LogP contribution is 2.32. The van der Waals surface area contributed by atoms with E-state index >= 15 is 0 Å². The molecule has 0 aliphatic carbocycles. The van der Waals surface area contributed by atoms with E-state index in [9.17, 15) is 23.1 Å². The van der Waals surface area contributed by atoms with Crippen molar-refractivity contribution in [2.75, 3.05) is 12.4 Å². The molecule has 0 fully saturated rings. The molecule has 0 saturated heterocycles. The van der Waals surface area contributed by atoms with Crippen molar-refractivity contribution in [3.63, 3.8) is 0 Å². The molecule has 0 aliphatic heterocycles. The fourth-order valence-corrected chi connectivity index (χ4v) is 3.29. The number of thiophene rings is 1. The zero-order valence-corrected chi connectivity index (χ0v) is 15.9. The van der Waals surface area contributed by atoms with Crippen molar-refractivity contribution in [2.45, 2.75) is 12.7 Å². The molecular weight excluding hydrogens is 407 g/mol. The molecular formula is C19H16F3N3O3S. The van der Waals surface area contributed by atoms with Gasteiger partial charge in [0.25, 0.3) is 5.91 Å². The van der Waals surface area contributed by atoms with Gasteiger partial charge in [0.2, 0.25) is 0 Å². The molecule has 2 heterocycles. The van der Waals surface area contributed by atoms with E-state index in [0.29, 0.717) is 16.1 Å². The molecule has 2 aromatic heterocycles. The fourth-order valence-electron chi connectivity index (χ4n) is 2.49. The Hall–Kier alpha value is -3.27. The van der Waals surface area contributed by atoms with Crippen LogP contribution in [0.1, 0.15) is 21.6 Å². The number of phenolic OH excluding ortho intramolecular Hbond substituents is 1. The molecule has 3 rings (SSSR count). The summed E-state index contributed by atoms with van der Waals surface area (Å²) in [6.45, 7) is 0.179. The topological polar surface area (TPSA) is 83.5 Å². The highest BCUT2D eigenvalue weighted by atomic mass is 32.1. The van der Waals surface area contributed by atoms with Crippen molar-refractivity contribution in [3.05, 3.63) is 64.8 Å². The third-order valence-corrected chi connectivity index (χ3v) is 4.75. The maximum absolute atomic E-state index is 12.8. The number of rotatable bonds is 6. The molecule has 29 heavy (non-hydrogen) atoms. The summed E-state index contributed by atoms with van der Waals surface area (Å²) < 4.78 is 43.5. The van der Waals surface area contributed by atoms with Crippen LogP contribution in [0.15, 0.2) is 48.0 Å². The number of ether oxygens (including phenoxy) is 1. The number of anilines is 2. The third kappa shape index (κ3) is 4.96. The number of benzene rings is 1. The Morgan fingerprint density at radius 1 is 1.24 bits per heavy atom. The summed E-state index contributed by atoms with van der Waals surface area (Å²) >= 11 is 1.19. The smallest absolute Gasteiger partial charge is 0.433 e. The number of phenols is 1. The molecule has 0 aliphatic rings. The van der Waals surface area contributed by atoms with Crippen LogP contribution in [-0.2, 0) is 12.7 Å². The number of alkyl halides is 3. The summed E-state index contributed by atoms with van der Waals surface area (Å²) in [6, 6.07) is 8.53. The van der Waals surface area contributed by atoms with E-state index in [-0.39, 0.29) is 23.7 Å². The van der Waals surface area contributed by atoms with Crippen molar-refractivity contribution in [1.82, 2.24) is 10.3 Å². The van der Waals surface area contributed by atoms with E-state index in [1.54, 1.807) is 23.6 Å². The Balaban J connectivity index is 1.70. The van der Waals surface area contributed by atoms with E-state index in [1.807, 2.05) is 0 Å². The zero-order chi connectivity index (χ0) is 21.0. The van der Waals surface area contributed by atoms with E-state index in [1.165, 1.54) is 30.6 Å². The minimum absolute atomic E-state index is 0.0116. The first-order valence-corrected chi connectivity index (χ1v) is 9.17. The molecule has 0 saturated carbocycles. The summed E-state index contributed by atoms with van der Waals surface area (Å²) in [4.78, 5) is 15.8. The van der Waals surface area contributed by atoms with Crippen LogP contribution in [0.3, 0.4) is 0 Å². The predicted octanol–water partition coefficient (Wildman–Crippen LogP) is 4.55. The number of nitrogens with one attached hydrogen (secondary N) is 2. The van der Waals surface area contributed by atoms with Crippen LogP contribution >= 0.6 is 11.3 Å². The number of nitrogens with zero attached hydrogens (tertiary/aromatic N) is 1. The third-order valence-electron chi connectivity index (χ3n) is 3.92. The number of carbonyl (C=O) groups is 1. The van der Waals surface area contributed by atoms with E-state index < -0.39 is 17.8 Å². The summed E-state index contributed by atoms with van der Waals surface area (Å²) in [5.41, 5.74) is 0.159. The molecule has 3 aromatic rings. The van der Waals surface area contributed by atoms with Gasteiger partial charge >= 0.3 is 6.18 Å². The molecule has 1 aromatic carbocycles. The number of halogens is 3. The van der Waals surface area contributed by atoms with E-state index in [2.05, 4.69) is 15.6 Å². The second kappa shape index (κ2) is 8.39. The Morgan fingerprint density at radius 3 is 2.76 bits per heavy atom. The van der Waals surface area contributed by atoms with E-state index in [4.69, 9.17) is 4.74 Å². The van der Waals surface area contributed by atoms with Gasteiger partial charge in [-0.3, -0.25) is 9.78 Å². The lowest BCUT2D eigenvalue weighted by atomic mass is 10.2. The van der Waals surface area contributed by atoms with Crippen LogP contribution in [0.2, 0.25) is 0 Å². The largest absolute Gasteiger partial charge is 0.504 e. The van der Waals surface area contributed by atoms with Crippen LogP contribution in [0.5, 0.6) is 11.5 Å². The number of aromatic hydroxyl groups is 1. The minimum Gasteiger partial charge on any atom is -0.504 e. The average molecular weight is 423 g/mol. The van der Waals surface area contributed by atoms with Gasteiger partial charge in [-0.1, -0.05) is 6.07 Å². The molecule has 0 unspecified atom stereocenters. The molecule has 152 valence electrons. The number of hydrogen-bond donors (Lipinski definition) is 3. The first kappa shape index (κ1) is 20.5. The van der Waals surface area contributed by atoms with Gasteiger partial charge in [0.15, 0.2) is 11.5 Å². The summed E-state index contributed by atoms with van der Waals surface area (Å²) in [5, 5.41) is 17.2. The molecule has 0 atom stereocenters. The Kier molecular flexibility index (Phi) is 5.92. The molecule has 0 bridgehead atoms. The van der Waals surface area contributed by atoms with Gasteiger partial charge in [-0.25, -0.2) is 0 Å². The number of carbonyl (C=O) groups excluding carboxylic acids is 1. The Morgan fingerprint density at radius 2 is 2.03 bits per heavy atom. The SMILES string of the molecule is COc1cc(CNC(=O)c2ccsc2Nc2ccnc(C(F)(F)F)c2)ccc1O. The summed E-state index contributed by atoms with van der Waals surface area (Å²) in [5.74, 6) is -0.124. The number of hydrogen-bond acceptors (Lipinski definition) is 6. The maximum atomic E-state index is 12.8. The molecule has 6 nitrogen and oxygen atoms in total. The van der Waals surface area contributed by atoms with Crippen LogP contribution in [0.25, 0.3) is 0 Å². The highest BCUT2D eigenvalue weighted by Gasteiger charge is 2.32. The predicted molar refractivity (Wildman–Crippen MR) is 103 cm³/mol. The highest BCUT2D eigenvalue weighted by molar-refractivity contribution is 7.14. The van der Waals surface area contributed by atoms with E-state index in [0.717, 1.165) is 12.3 Å². The van der Waals surface area contributed by atoms with Crippen LogP contribution in [0, 0.1) is 0 Å². The van der Waals surface area contributed by atoms with Gasteiger partial charge in [-0.2, -0.15) is 13.2 Å². The Labute approximate surface area is 168 Å². The van der Waals surface area contributed by atoms with Gasteiger partial charge in [-0.05, 0) is 41.3 Å².